The molecule has 1 atom stereocenters. The summed E-state index contributed by atoms with van der Waals surface area (Å²) < 4.78 is 0. The van der Waals surface area contributed by atoms with Crippen molar-refractivity contribution in [2.45, 2.75) is 63.6 Å². The van der Waals surface area contributed by atoms with Crippen molar-refractivity contribution in [1.29, 1.82) is 0 Å². The fourth-order valence-electron chi connectivity index (χ4n) is 2.41. The second-order valence-electron chi connectivity index (χ2n) is 5.47. The highest BCUT2D eigenvalue weighted by atomic mass is 16.3. The topological polar surface area (TPSA) is 52.6 Å². The van der Waals surface area contributed by atoms with Gasteiger partial charge in [0.05, 0.1) is 11.6 Å². The van der Waals surface area contributed by atoms with Gasteiger partial charge in [-0.1, -0.05) is 13.8 Å². The van der Waals surface area contributed by atoms with Crippen LogP contribution in [0.2, 0.25) is 0 Å². The lowest BCUT2D eigenvalue weighted by molar-refractivity contribution is -0.132. The fourth-order valence-corrected chi connectivity index (χ4v) is 2.41. The van der Waals surface area contributed by atoms with Crippen LogP contribution in [0, 0.1) is 0 Å². The van der Waals surface area contributed by atoms with Gasteiger partial charge in [-0.05, 0) is 32.1 Å². The van der Waals surface area contributed by atoms with Crippen LogP contribution >= 0.6 is 0 Å². The molecule has 1 heterocycles. The Morgan fingerprint density at radius 1 is 1.35 bits per heavy atom. The van der Waals surface area contributed by atoms with Crippen molar-refractivity contribution in [3.8, 4) is 0 Å². The number of β-amino-alcohol motifs (C(OH)–C–C–N with tert-alkyl or cyclic N) is 1. The summed E-state index contributed by atoms with van der Waals surface area (Å²) in [6.07, 6.45) is 4.70. The maximum absolute atomic E-state index is 12.1. The number of aliphatic hydroxyl groups is 1. The lowest BCUT2D eigenvalue weighted by Gasteiger charge is -2.30. The summed E-state index contributed by atoms with van der Waals surface area (Å²) in [5, 5.41) is 13.7. The van der Waals surface area contributed by atoms with Crippen LogP contribution in [-0.4, -0.2) is 46.7 Å². The number of amides is 1. The van der Waals surface area contributed by atoms with Gasteiger partial charge in [-0.15, -0.1) is 0 Å². The molecule has 4 nitrogen and oxygen atoms in total. The van der Waals surface area contributed by atoms with Gasteiger partial charge < -0.3 is 15.3 Å². The molecule has 1 aliphatic heterocycles. The van der Waals surface area contributed by atoms with Gasteiger partial charge >= 0.3 is 0 Å². The van der Waals surface area contributed by atoms with Crippen LogP contribution in [0.5, 0.6) is 0 Å². The number of likely N-dealkylation sites (tertiary alicyclic amines) is 1. The highest BCUT2D eigenvalue weighted by Crippen LogP contribution is 2.24. The number of rotatable bonds is 6. The Morgan fingerprint density at radius 2 is 2.00 bits per heavy atom. The van der Waals surface area contributed by atoms with Crippen molar-refractivity contribution in [1.82, 2.24) is 10.2 Å². The summed E-state index contributed by atoms with van der Waals surface area (Å²) in [6, 6.07) is 0.570. The second-order valence-corrected chi connectivity index (χ2v) is 5.47. The Hall–Kier alpha value is -0.610. The van der Waals surface area contributed by atoms with E-state index in [1.807, 2.05) is 18.7 Å². The van der Waals surface area contributed by atoms with Crippen LogP contribution < -0.4 is 5.32 Å². The summed E-state index contributed by atoms with van der Waals surface area (Å²) in [4.78, 5) is 14.0. The smallest absolute Gasteiger partial charge is 0.239 e. The normalized spacial score (nSPS) is 25.7. The van der Waals surface area contributed by atoms with Gasteiger partial charge in [0.15, 0.2) is 0 Å². The van der Waals surface area contributed by atoms with Crippen molar-refractivity contribution in [3.05, 3.63) is 0 Å². The molecule has 17 heavy (non-hydrogen) atoms. The zero-order valence-electron chi connectivity index (χ0n) is 10.9. The first-order valence-corrected chi connectivity index (χ1v) is 6.85. The summed E-state index contributed by atoms with van der Waals surface area (Å²) in [5.74, 6) is 0.178. The number of hydrogen-bond donors (Lipinski definition) is 2. The van der Waals surface area contributed by atoms with Gasteiger partial charge in [-0.25, -0.2) is 0 Å². The Bertz CT molecular complexity index is 285. The third-order valence-corrected chi connectivity index (χ3v) is 4.11. The van der Waals surface area contributed by atoms with Crippen molar-refractivity contribution in [3.63, 3.8) is 0 Å². The molecule has 1 aliphatic carbocycles. The zero-order chi connectivity index (χ0) is 12.5. The van der Waals surface area contributed by atoms with E-state index < -0.39 is 5.60 Å². The Kier molecular flexibility index (Phi) is 3.73. The molecule has 1 saturated heterocycles. The monoisotopic (exact) mass is 240 g/mol. The van der Waals surface area contributed by atoms with Crippen LogP contribution in [0.15, 0.2) is 0 Å². The van der Waals surface area contributed by atoms with E-state index in [0.717, 1.165) is 13.0 Å². The molecule has 1 unspecified atom stereocenters. The molecule has 2 rings (SSSR count). The molecule has 4 heteroatoms. The molecule has 0 aromatic heterocycles. The lowest BCUT2D eigenvalue weighted by Crippen LogP contribution is -2.46. The molecular weight excluding hydrogens is 216 g/mol. The molecule has 2 N–H and O–H groups in total. The first-order valence-electron chi connectivity index (χ1n) is 6.85. The zero-order valence-corrected chi connectivity index (χ0v) is 10.9. The van der Waals surface area contributed by atoms with E-state index in [-0.39, 0.29) is 11.9 Å². The summed E-state index contributed by atoms with van der Waals surface area (Å²) >= 11 is 0. The lowest BCUT2D eigenvalue weighted by atomic mass is 9.97. The summed E-state index contributed by atoms with van der Waals surface area (Å²) in [6.45, 7) is 5.22. The number of carbonyl (C=O) groups is 1. The number of nitrogens with one attached hydrogen (secondary N) is 1. The molecule has 2 aliphatic rings. The van der Waals surface area contributed by atoms with Gasteiger partial charge in [0.1, 0.15) is 0 Å². The minimum Gasteiger partial charge on any atom is -0.388 e. The maximum atomic E-state index is 12.1. The van der Waals surface area contributed by atoms with Gasteiger partial charge in [-0.3, -0.25) is 4.79 Å². The third kappa shape index (κ3) is 2.99. The van der Waals surface area contributed by atoms with Crippen LogP contribution in [0.25, 0.3) is 0 Å². The minimum atomic E-state index is -0.704. The molecule has 0 bridgehead atoms. The molecule has 1 amide bonds. The summed E-state index contributed by atoms with van der Waals surface area (Å²) in [5.41, 5.74) is -0.704. The molecule has 0 spiro atoms. The molecule has 0 radical (unpaired) electrons. The highest BCUT2D eigenvalue weighted by molar-refractivity contribution is 5.84. The average molecular weight is 240 g/mol. The Balaban J connectivity index is 1.87. The van der Waals surface area contributed by atoms with Crippen molar-refractivity contribution in [2.24, 2.45) is 0 Å². The van der Waals surface area contributed by atoms with Crippen LogP contribution in [0.4, 0.5) is 0 Å². The Morgan fingerprint density at radius 3 is 2.53 bits per heavy atom. The molecule has 0 aromatic rings. The third-order valence-electron chi connectivity index (χ3n) is 4.11. The highest BCUT2D eigenvalue weighted by Gasteiger charge is 2.38. The van der Waals surface area contributed by atoms with Gasteiger partial charge in [0.2, 0.25) is 5.91 Å². The van der Waals surface area contributed by atoms with E-state index in [4.69, 9.17) is 0 Å². The molecule has 98 valence electrons. The van der Waals surface area contributed by atoms with E-state index in [2.05, 4.69) is 5.32 Å². The van der Waals surface area contributed by atoms with Crippen LogP contribution in [0.3, 0.4) is 0 Å². The molecule has 2 fully saturated rings. The summed E-state index contributed by atoms with van der Waals surface area (Å²) in [7, 11) is 0. The number of nitrogens with zero attached hydrogens (tertiary/aromatic N) is 1. The number of hydrogen-bond acceptors (Lipinski definition) is 3. The quantitative estimate of drug-likeness (QED) is 0.725. The minimum absolute atomic E-state index is 0.000428. The van der Waals surface area contributed by atoms with Crippen LogP contribution in [-0.2, 0) is 4.79 Å². The van der Waals surface area contributed by atoms with Crippen molar-refractivity contribution in [2.75, 3.05) is 13.1 Å². The van der Waals surface area contributed by atoms with Gasteiger partial charge in [0.25, 0.3) is 0 Å². The van der Waals surface area contributed by atoms with Crippen LogP contribution in [0.1, 0.15) is 46.0 Å². The van der Waals surface area contributed by atoms with Gasteiger partial charge in [-0.2, -0.15) is 0 Å². The molecule has 0 aromatic carbocycles. The average Bonchev–Trinajstić information content (AvgIpc) is 3.09. The van der Waals surface area contributed by atoms with E-state index in [9.17, 15) is 9.90 Å². The molecular formula is C13H24N2O2. The predicted molar refractivity (Wildman–Crippen MR) is 66.7 cm³/mol. The largest absolute Gasteiger partial charge is 0.388 e. The standard InChI is InChI=1S/C13H24N2O2/c1-3-13(17,4-2)9-15-8-7-11(12(15)16)14-10-5-6-10/h10-11,14,17H,3-9H2,1-2H3. The van der Waals surface area contributed by atoms with Crippen molar-refractivity contribution < 1.29 is 9.90 Å². The maximum Gasteiger partial charge on any atom is 0.239 e. The van der Waals surface area contributed by atoms with E-state index in [1.165, 1.54) is 12.8 Å². The predicted octanol–water partition coefficient (Wildman–Crippen LogP) is 0.890. The van der Waals surface area contributed by atoms with E-state index in [1.54, 1.807) is 0 Å². The first-order chi connectivity index (χ1) is 8.08. The Labute approximate surface area is 103 Å². The number of carbonyl (C=O) groups excluding carboxylic acids is 1. The van der Waals surface area contributed by atoms with E-state index >= 15 is 0 Å². The molecule has 1 saturated carbocycles. The SMILES string of the molecule is CCC(O)(CC)CN1CCC(NC2CC2)C1=O. The van der Waals surface area contributed by atoms with E-state index in [0.29, 0.717) is 25.4 Å². The van der Waals surface area contributed by atoms with Crippen molar-refractivity contribution >= 4 is 5.91 Å². The fraction of sp³-hybridized carbons (Fsp3) is 0.923. The first kappa shape index (κ1) is 12.8. The van der Waals surface area contributed by atoms with Gasteiger partial charge in [0, 0.05) is 19.1 Å². The second kappa shape index (κ2) is 4.94.